The van der Waals surface area contributed by atoms with E-state index in [1.807, 2.05) is 36.4 Å². The lowest BCUT2D eigenvalue weighted by molar-refractivity contribution is -0.139. The molecule has 2 heterocycles. The zero-order valence-corrected chi connectivity index (χ0v) is 18.2. The lowest BCUT2D eigenvalue weighted by atomic mass is 9.98. The molecule has 0 spiro atoms. The minimum absolute atomic E-state index is 0.0419. The summed E-state index contributed by atoms with van der Waals surface area (Å²) >= 11 is 6.23. The predicted octanol–water partition coefficient (Wildman–Crippen LogP) is 4.68. The van der Waals surface area contributed by atoms with Crippen molar-refractivity contribution in [2.45, 2.75) is 18.5 Å². The molecule has 1 aliphatic carbocycles. The smallest absolute Gasteiger partial charge is 0.407 e. The highest BCUT2D eigenvalue weighted by Crippen LogP contribution is 2.44. The van der Waals surface area contributed by atoms with Gasteiger partial charge in [0.05, 0.1) is 11.6 Å². The fourth-order valence-electron chi connectivity index (χ4n) is 4.38. The van der Waals surface area contributed by atoms with Gasteiger partial charge in [-0.15, -0.1) is 0 Å². The van der Waals surface area contributed by atoms with Crippen LogP contribution >= 0.6 is 11.6 Å². The van der Waals surface area contributed by atoms with E-state index < -0.39 is 18.1 Å². The average molecular weight is 462 g/mol. The van der Waals surface area contributed by atoms with Crippen LogP contribution in [0.1, 0.15) is 17.0 Å². The van der Waals surface area contributed by atoms with Crippen molar-refractivity contribution in [2.75, 3.05) is 6.61 Å². The number of amides is 1. The van der Waals surface area contributed by atoms with Crippen molar-refractivity contribution >= 4 is 34.7 Å². The molecule has 2 aromatic heterocycles. The van der Waals surface area contributed by atoms with Gasteiger partial charge in [0.25, 0.3) is 0 Å². The number of nitrogens with one attached hydrogen (secondary N) is 1. The van der Waals surface area contributed by atoms with Crippen LogP contribution in [0, 0.1) is 0 Å². The maximum Gasteiger partial charge on any atom is 0.407 e. The lowest BCUT2D eigenvalue weighted by Gasteiger charge is -2.18. The summed E-state index contributed by atoms with van der Waals surface area (Å²) in [5.41, 5.74) is 4.95. The molecule has 0 radical (unpaired) electrons. The maximum atomic E-state index is 12.6. The van der Waals surface area contributed by atoms with Gasteiger partial charge in [0, 0.05) is 23.7 Å². The molecule has 0 saturated carbocycles. The van der Waals surface area contributed by atoms with Crippen molar-refractivity contribution in [3.05, 3.63) is 89.2 Å². The van der Waals surface area contributed by atoms with E-state index in [2.05, 4.69) is 22.4 Å². The van der Waals surface area contributed by atoms with Crippen LogP contribution in [-0.2, 0) is 16.1 Å². The van der Waals surface area contributed by atoms with Gasteiger partial charge in [-0.1, -0.05) is 60.1 Å². The molecule has 8 heteroatoms. The van der Waals surface area contributed by atoms with Crippen LogP contribution in [0.5, 0.6) is 0 Å². The largest absolute Gasteiger partial charge is 0.480 e. The predicted molar refractivity (Wildman–Crippen MR) is 124 cm³/mol. The number of hydrogen-bond donors (Lipinski definition) is 2. The highest BCUT2D eigenvalue weighted by molar-refractivity contribution is 6.35. The van der Waals surface area contributed by atoms with Crippen LogP contribution in [0.3, 0.4) is 0 Å². The molecular formula is C25H20ClN3O4. The van der Waals surface area contributed by atoms with Crippen molar-refractivity contribution < 1.29 is 19.4 Å². The van der Waals surface area contributed by atoms with Crippen molar-refractivity contribution in [1.82, 2.24) is 14.9 Å². The second kappa shape index (κ2) is 8.60. The Morgan fingerprint density at radius 1 is 1.06 bits per heavy atom. The summed E-state index contributed by atoms with van der Waals surface area (Å²) in [6.45, 7) is 0.0613. The molecule has 0 aliphatic heterocycles. The number of rotatable bonds is 6. The van der Waals surface area contributed by atoms with Crippen LogP contribution in [-0.4, -0.2) is 39.4 Å². The number of benzene rings is 2. The summed E-state index contributed by atoms with van der Waals surface area (Å²) < 4.78 is 7.10. The first-order valence-electron chi connectivity index (χ1n) is 10.5. The zero-order valence-electron chi connectivity index (χ0n) is 17.4. The Morgan fingerprint density at radius 3 is 2.39 bits per heavy atom. The standard InChI is InChI=1S/C25H20ClN3O4/c26-21-12-29(23-19(21)10-5-11-27-23)13-22(24(30)31)28-25(32)33-14-20-17-8-3-1-6-15(17)16-7-2-4-9-18(16)20/h1-12,20,22H,13-14H2,(H,28,32)(H,30,31). The molecule has 166 valence electrons. The number of pyridine rings is 1. The number of fused-ring (bicyclic) bond motifs is 4. The topological polar surface area (TPSA) is 93.5 Å². The van der Waals surface area contributed by atoms with Crippen molar-refractivity contribution in [3.8, 4) is 11.1 Å². The monoisotopic (exact) mass is 461 g/mol. The minimum Gasteiger partial charge on any atom is -0.480 e. The molecule has 2 N–H and O–H groups in total. The van der Waals surface area contributed by atoms with E-state index in [0.717, 1.165) is 22.3 Å². The highest BCUT2D eigenvalue weighted by atomic mass is 35.5. The molecule has 7 nitrogen and oxygen atoms in total. The van der Waals surface area contributed by atoms with Crippen LogP contribution in [0.25, 0.3) is 22.2 Å². The zero-order chi connectivity index (χ0) is 22.9. The minimum atomic E-state index is -1.21. The number of hydrogen-bond acceptors (Lipinski definition) is 4. The van der Waals surface area contributed by atoms with Crippen molar-refractivity contribution in [3.63, 3.8) is 0 Å². The van der Waals surface area contributed by atoms with Crippen LogP contribution in [0.2, 0.25) is 5.02 Å². The summed E-state index contributed by atoms with van der Waals surface area (Å²) in [4.78, 5) is 28.6. The number of halogens is 1. The third kappa shape index (κ3) is 3.91. The van der Waals surface area contributed by atoms with Gasteiger partial charge in [-0.2, -0.15) is 0 Å². The third-order valence-corrected chi connectivity index (χ3v) is 6.20. The van der Waals surface area contributed by atoms with E-state index in [1.165, 1.54) is 0 Å². The van der Waals surface area contributed by atoms with Gasteiger partial charge in [0.1, 0.15) is 18.3 Å². The van der Waals surface area contributed by atoms with Gasteiger partial charge < -0.3 is 19.7 Å². The molecule has 1 aliphatic rings. The Kier molecular flexibility index (Phi) is 5.48. The van der Waals surface area contributed by atoms with E-state index in [9.17, 15) is 14.7 Å². The Balaban J connectivity index is 1.29. The lowest BCUT2D eigenvalue weighted by Crippen LogP contribution is -2.44. The van der Waals surface area contributed by atoms with E-state index in [0.29, 0.717) is 16.1 Å². The van der Waals surface area contributed by atoms with E-state index >= 15 is 0 Å². The number of carboxylic acids is 1. The fourth-order valence-corrected chi connectivity index (χ4v) is 4.65. The molecule has 1 atom stereocenters. The van der Waals surface area contributed by atoms with Crippen molar-refractivity contribution in [1.29, 1.82) is 0 Å². The van der Waals surface area contributed by atoms with Crippen LogP contribution in [0.15, 0.2) is 73.1 Å². The highest BCUT2D eigenvalue weighted by Gasteiger charge is 2.30. The second-order valence-corrected chi connectivity index (χ2v) is 8.27. The molecule has 1 amide bonds. The number of carbonyl (C=O) groups is 2. The molecule has 0 fully saturated rings. The summed E-state index contributed by atoms with van der Waals surface area (Å²) in [6, 6.07) is 18.4. The average Bonchev–Trinajstić information content (AvgIpc) is 3.32. The van der Waals surface area contributed by atoms with Gasteiger partial charge >= 0.3 is 12.1 Å². The Hall–Kier alpha value is -3.84. The quantitative estimate of drug-likeness (QED) is 0.435. The van der Waals surface area contributed by atoms with Gasteiger partial charge in [0.15, 0.2) is 0 Å². The summed E-state index contributed by atoms with van der Waals surface area (Å²) in [6.07, 6.45) is 2.41. The number of nitrogens with zero attached hydrogens (tertiary/aromatic N) is 2. The summed E-state index contributed by atoms with van der Waals surface area (Å²) in [5, 5.41) is 13.3. The van der Waals surface area contributed by atoms with Gasteiger partial charge in [-0.3, -0.25) is 0 Å². The molecule has 33 heavy (non-hydrogen) atoms. The Morgan fingerprint density at radius 2 is 1.73 bits per heavy atom. The van der Waals surface area contributed by atoms with Crippen molar-refractivity contribution in [2.24, 2.45) is 0 Å². The fraction of sp³-hybridized carbons (Fsp3) is 0.160. The Labute approximate surface area is 194 Å². The van der Waals surface area contributed by atoms with Gasteiger partial charge in [-0.05, 0) is 34.4 Å². The first kappa shape index (κ1) is 21.0. The number of aromatic nitrogens is 2. The maximum absolute atomic E-state index is 12.6. The Bertz CT molecular complexity index is 1320. The first-order valence-corrected chi connectivity index (χ1v) is 10.8. The number of ether oxygens (including phenoxy) is 1. The van der Waals surface area contributed by atoms with Crippen LogP contribution in [0.4, 0.5) is 4.79 Å². The first-order chi connectivity index (χ1) is 16.0. The third-order valence-electron chi connectivity index (χ3n) is 5.90. The number of alkyl carbamates (subject to hydrolysis) is 1. The van der Waals surface area contributed by atoms with E-state index in [4.69, 9.17) is 16.3 Å². The SMILES string of the molecule is O=C(NC(Cn1cc(Cl)c2cccnc21)C(=O)O)OCC1c2ccccc2-c2ccccc21. The number of carboxylic acid groups (broad SMARTS) is 1. The van der Waals surface area contributed by atoms with Gasteiger partial charge in [-0.25, -0.2) is 14.6 Å². The summed E-state index contributed by atoms with van der Waals surface area (Å²) in [5.74, 6) is -1.29. The molecule has 2 aromatic carbocycles. The molecule has 5 rings (SSSR count). The molecule has 4 aromatic rings. The number of aliphatic carboxylic acids is 1. The molecule has 0 saturated heterocycles. The normalized spacial score (nSPS) is 13.4. The second-order valence-electron chi connectivity index (χ2n) is 7.86. The molecule has 0 bridgehead atoms. The molecule has 1 unspecified atom stereocenters. The molecular weight excluding hydrogens is 442 g/mol. The van der Waals surface area contributed by atoms with E-state index in [-0.39, 0.29) is 19.1 Å². The summed E-state index contributed by atoms with van der Waals surface area (Å²) in [7, 11) is 0. The van der Waals surface area contributed by atoms with Gasteiger partial charge in [0.2, 0.25) is 0 Å². The van der Waals surface area contributed by atoms with Crippen LogP contribution < -0.4 is 5.32 Å². The van der Waals surface area contributed by atoms with E-state index in [1.54, 1.807) is 29.1 Å². The number of carbonyl (C=O) groups excluding carboxylic acids is 1.